The average Bonchev–Trinajstić information content (AvgIpc) is 2.82. The van der Waals surface area contributed by atoms with Crippen molar-refractivity contribution >= 4 is 26.8 Å². The van der Waals surface area contributed by atoms with Gasteiger partial charge >= 0.3 is 0 Å². The van der Waals surface area contributed by atoms with Crippen LogP contribution in [0.1, 0.15) is 5.56 Å². The molecule has 0 radical (unpaired) electrons. The summed E-state index contributed by atoms with van der Waals surface area (Å²) in [4.78, 5) is 3.25. The van der Waals surface area contributed by atoms with Crippen molar-refractivity contribution in [2.45, 2.75) is 6.92 Å². The van der Waals surface area contributed by atoms with E-state index in [4.69, 9.17) is 4.42 Å². The van der Waals surface area contributed by atoms with Gasteiger partial charge in [-0.05, 0) is 46.6 Å². The summed E-state index contributed by atoms with van der Waals surface area (Å²) in [7, 11) is 0. The highest BCUT2D eigenvalue weighted by Gasteiger charge is 2.09. The van der Waals surface area contributed by atoms with Crippen LogP contribution in [-0.4, -0.2) is 15.2 Å². The maximum atomic E-state index is 5.15. The van der Waals surface area contributed by atoms with E-state index in [0.29, 0.717) is 5.89 Å². The molecule has 0 saturated heterocycles. The third-order valence-electron chi connectivity index (χ3n) is 2.42. The molecule has 0 aliphatic rings. The highest BCUT2D eigenvalue weighted by atomic mass is 79.9. The molecule has 0 atom stereocenters. The number of halogens is 1. The van der Waals surface area contributed by atoms with Crippen LogP contribution >= 0.6 is 15.9 Å². The van der Waals surface area contributed by atoms with Gasteiger partial charge in [0.2, 0.25) is 6.39 Å². The lowest BCUT2D eigenvalue weighted by molar-refractivity contribution is 0.567. The molecule has 0 aliphatic heterocycles. The van der Waals surface area contributed by atoms with Gasteiger partial charge in [0.05, 0.1) is 5.52 Å². The predicted molar refractivity (Wildman–Crippen MR) is 64.0 cm³/mol. The number of hydrogen-bond acceptors (Lipinski definition) is 3. The number of nitrogens with one attached hydrogen (secondary N) is 1. The zero-order chi connectivity index (χ0) is 11.1. The number of nitrogens with zero attached hydrogens (tertiary/aromatic N) is 2. The van der Waals surface area contributed by atoms with E-state index < -0.39 is 0 Å². The summed E-state index contributed by atoms with van der Waals surface area (Å²) in [6.07, 6.45) is 1.32. The van der Waals surface area contributed by atoms with Crippen LogP contribution in [0.5, 0.6) is 0 Å². The molecule has 2 heterocycles. The molecule has 1 N–H and O–H groups in total. The minimum atomic E-state index is 0.501. The summed E-state index contributed by atoms with van der Waals surface area (Å²) < 4.78 is 6.19. The molecule has 5 heteroatoms. The van der Waals surface area contributed by atoms with Crippen molar-refractivity contribution in [3.05, 3.63) is 34.6 Å². The van der Waals surface area contributed by atoms with E-state index in [1.807, 2.05) is 6.07 Å². The first-order valence-electron chi connectivity index (χ1n) is 4.79. The number of rotatable bonds is 1. The summed E-state index contributed by atoms with van der Waals surface area (Å²) >= 11 is 3.53. The Kier molecular flexibility index (Phi) is 2.07. The topological polar surface area (TPSA) is 54.7 Å². The van der Waals surface area contributed by atoms with Gasteiger partial charge in [-0.15, -0.1) is 10.2 Å². The number of aromatic nitrogens is 3. The fourth-order valence-electron chi connectivity index (χ4n) is 1.75. The van der Waals surface area contributed by atoms with Crippen LogP contribution in [0.25, 0.3) is 22.5 Å². The van der Waals surface area contributed by atoms with Crippen molar-refractivity contribution in [1.29, 1.82) is 0 Å². The zero-order valence-electron chi connectivity index (χ0n) is 8.49. The van der Waals surface area contributed by atoms with Crippen LogP contribution in [0.2, 0.25) is 0 Å². The summed E-state index contributed by atoms with van der Waals surface area (Å²) in [5, 5.41) is 8.66. The van der Waals surface area contributed by atoms with Crippen LogP contribution in [0.4, 0.5) is 0 Å². The van der Waals surface area contributed by atoms with Gasteiger partial charge in [-0.2, -0.15) is 0 Å². The molecular formula is C11H8BrN3O. The second-order valence-electron chi connectivity index (χ2n) is 3.64. The van der Waals surface area contributed by atoms with Crippen molar-refractivity contribution in [3.8, 4) is 11.6 Å². The van der Waals surface area contributed by atoms with Crippen molar-refractivity contribution in [3.63, 3.8) is 0 Å². The number of H-pyrrole nitrogens is 1. The van der Waals surface area contributed by atoms with Crippen LogP contribution in [0.15, 0.2) is 33.5 Å². The average molecular weight is 278 g/mol. The van der Waals surface area contributed by atoms with E-state index in [2.05, 4.69) is 50.2 Å². The molecule has 3 aromatic rings. The van der Waals surface area contributed by atoms with E-state index in [1.165, 1.54) is 12.0 Å². The molecule has 2 aromatic heterocycles. The number of aryl methyl sites for hydroxylation is 1. The number of aromatic amines is 1. The van der Waals surface area contributed by atoms with Gasteiger partial charge in [0.1, 0.15) is 5.69 Å². The van der Waals surface area contributed by atoms with Crippen LogP contribution in [0, 0.1) is 6.92 Å². The monoisotopic (exact) mass is 277 g/mol. The third kappa shape index (κ3) is 1.44. The highest BCUT2D eigenvalue weighted by Crippen LogP contribution is 2.29. The summed E-state index contributed by atoms with van der Waals surface area (Å²) in [6.45, 7) is 2.06. The lowest BCUT2D eigenvalue weighted by atomic mass is 10.2. The van der Waals surface area contributed by atoms with E-state index in [0.717, 1.165) is 21.1 Å². The maximum Gasteiger partial charge on any atom is 0.263 e. The number of fused-ring (bicyclic) bond motifs is 1. The molecule has 0 saturated carbocycles. The van der Waals surface area contributed by atoms with E-state index in [9.17, 15) is 0 Å². The second-order valence-corrected chi connectivity index (χ2v) is 4.49. The Hall–Kier alpha value is -1.62. The molecule has 16 heavy (non-hydrogen) atoms. The van der Waals surface area contributed by atoms with Gasteiger partial charge in [-0.1, -0.05) is 0 Å². The Morgan fingerprint density at radius 1 is 1.31 bits per heavy atom. The molecule has 0 spiro atoms. The molecule has 0 unspecified atom stereocenters. The third-order valence-corrected chi connectivity index (χ3v) is 3.04. The summed E-state index contributed by atoms with van der Waals surface area (Å²) in [6, 6.07) is 6.17. The van der Waals surface area contributed by atoms with Gasteiger partial charge in [-0.3, -0.25) is 0 Å². The standard InChI is InChI=1S/C11H8BrN3O/c1-6-2-7-4-9(11-15-13-5-16-11)14-10(7)8(12)3-6/h2-5,14H,1H3. The minimum absolute atomic E-state index is 0.501. The fraction of sp³-hybridized carbons (Fsp3) is 0.0909. The van der Waals surface area contributed by atoms with Gasteiger partial charge in [0.15, 0.2) is 0 Å². The first kappa shape index (κ1) is 9.59. The number of benzene rings is 1. The second kappa shape index (κ2) is 3.45. The highest BCUT2D eigenvalue weighted by molar-refractivity contribution is 9.10. The Morgan fingerprint density at radius 3 is 2.94 bits per heavy atom. The van der Waals surface area contributed by atoms with Gasteiger partial charge in [0.25, 0.3) is 5.89 Å². The van der Waals surface area contributed by atoms with Crippen molar-refractivity contribution in [2.24, 2.45) is 0 Å². The Balaban J connectivity index is 2.27. The molecule has 1 aromatic carbocycles. The van der Waals surface area contributed by atoms with Crippen molar-refractivity contribution < 1.29 is 4.42 Å². The van der Waals surface area contributed by atoms with Crippen LogP contribution in [0.3, 0.4) is 0 Å². The summed E-state index contributed by atoms with van der Waals surface area (Å²) in [5.74, 6) is 0.501. The molecule has 0 fully saturated rings. The first-order chi connectivity index (χ1) is 7.74. The normalized spacial score (nSPS) is 11.1. The largest absolute Gasteiger partial charge is 0.422 e. The Bertz CT molecular complexity index is 643. The minimum Gasteiger partial charge on any atom is -0.422 e. The SMILES string of the molecule is Cc1cc(Br)c2[nH]c(-c3nnco3)cc2c1. The molecular weight excluding hydrogens is 270 g/mol. The van der Waals surface area contributed by atoms with E-state index in [1.54, 1.807) is 0 Å². The molecule has 0 amide bonds. The van der Waals surface area contributed by atoms with E-state index >= 15 is 0 Å². The molecule has 0 bridgehead atoms. The first-order valence-corrected chi connectivity index (χ1v) is 5.59. The molecule has 3 rings (SSSR count). The summed E-state index contributed by atoms with van der Waals surface area (Å²) in [5.41, 5.74) is 3.08. The number of hydrogen-bond donors (Lipinski definition) is 1. The molecule has 4 nitrogen and oxygen atoms in total. The van der Waals surface area contributed by atoms with Gasteiger partial charge in [-0.25, -0.2) is 0 Å². The zero-order valence-corrected chi connectivity index (χ0v) is 10.1. The van der Waals surface area contributed by atoms with Crippen molar-refractivity contribution in [1.82, 2.24) is 15.2 Å². The fourth-order valence-corrected chi connectivity index (χ4v) is 2.44. The Labute approximate surface area is 99.8 Å². The Morgan fingerprint density at radius 2 is 2.19 bits per heavy atom. The smallest absolute Gasteiger partial charge is 0.263 e. The lowest BCUT2D eigenvalue weighted by Crippen LogP contribution is -1.77. The van der Waals surface area contributed by atoms with Crippen LogP contribution < -0.4 is 0 Å². The maximum absolute atomic E-state index is 5.15. The lowest BCUT2D eigenvalue weighted by Gasteiger charge is -1.96. The van der Waals surface area contributed by atoms with E-state index in [-0.39, 0.29) is 0 Å². The van der Waals surface area contributed by atoms with Gasteiger partial charge in [0, 0.05) is 9.86 Å². The van der Waals surface area contributed by atoms with Gasteiger partial charge < -0.3 is 9.40 Å². The van der Waals surface area contributed by atoms with Crippen LogP contribution in [-0.2, 0) is 0 Å². The van der Waals surface area contributed by atoms with Crippen molar-refractivity contribution in [2.75, 3.05) is 0 Å². The predicted octanol–water partition coefficient (Wildman–Crippen LogP) is 3.29. The molecule has 80 valence electrons. The quantitative estimate of drug-likeness (QED) is 0.743. The molecule has 0 aliphatic carbocycles.